The maximum atomic E-state index is 5.83. The van der Waals surface area contributed by atoms with Crippen molar-refractivity contribution in [1.29, 1.82) is 0 Å². The molecular weight excluding hydrogens is 280 g/mol. The van der Waals surface area contributed by atoms with E-state index in [4.69, 9.17) is 5.73 Å². The van der Waals surface area contributed by atoms with Gasteiger partial charge in [-0.3, -0.25) is 5.43 Å². The van der Waals surface area contributed by atoms with E-state index >= 15 is 0 Å². The SMILES string of the molecule is Nc1nc(NC2CCNCC2)nc(NN2CCCCCC2)n1. The van der Waals surface area contributed by atoms with Crippen LogP contribution in [0, 0.1) is 0 Å². The largest absolute Gasteiger partial charge is 0.368 e. The van der Waals surface area contributed by atoms with E-state index in [-0.39, 0.29) is 5.95 Å². The number of hydrazine groups is 1. The first-order valence-corrected chi connectivity index (χ1v) is 8.30. The number of rotatable bonds is 4. The minimum absolute atomic E-state index is 0.253. The maximum Gasteiger partial charge on any atom is 0.244 e. The molecule has 0 unspecified atom stereocenters. The van der Waals surface area contributed by atoms with Crippen LogP contribution in [0.25, 0.3) is 0 Å². The van der Waals surface area contributed by atoms with Crippen LogP contribution in [0.15, 0.2) is 0 Å². The third kappa shape index (κ3) is 4.41. The van der Waals surface area contributed by atoms with Gasteiger partial charge in [-0.1, -0.05) is 12.8 Å². The summed E-state index contributed by atoms with van der Waals surface area (Å²) < 4.78 is 0. The molecule has 0 radical (unpaired) electrons. The number of nitrogens with one attached hydrogen (secondary N) is 3. The molecule has 2 aliphatic rings. The fourth-order valence-corrected chi connectivity index (χ4v) is 2.98. The lowest BCUT2D eigenvalue weighted by atomic mass is 10.1. The summed E-state index contributed by atoms with van der Waals surface area (Å²) in [5.74, 6) is 1.35. The van der Waals surface area contributed by atoms with Gasteiger partial charge >= 0.3 is 0 Å². The molecule has 3 rings (SSSR count). The Bertz CT molecular complexity index is 466. The van der Waals surface area contributed by atoms with Crippen LogP contribution >= 0.6 is 0 Å². The Kier molecular flexibility index (Phi) is 5.23. The smallest absolute Gasteiger partial charge is 0.244 e. The van der Waals surface area contributed by atoms with Gasteiger partial charge < -0.3 is 16.4 Å². The minimum Gasteiger partial charge on any atom is -0.368 e. The molecule has 0 aromatic carbocycles. The van der Waals surface area contributed by atoms with E-state index in [1.165, 1.54) is 25.7 Å². The first-order chi connectivity index (χ1) is 10.8. The zero-order chi connectivity index (χ0) is 15.2. The molecule has 2 fully saturated rings. The first kappa shape index (κ1) is 15.2. The molecular formula is C14H26N8. The number of hydrogen-bond donors (Lipinski definition) is 4. The molecule has 8 nitrogen and oxygen atoms in total. The highest BCUT2D eigenvalue weighted by Crippen LogP contribution is 2.14. The molecule has 22 heavy (non-hydrogen) atoms. The van der Waals surface area contributed by atoms with E-state index in [2.05, 4.69) is 36.0 Å². The maximum absolute atomic E-state index is 5.83. The van der Waals surface area contributed by atoms with Crippen LogP contribution in [0.4, 0.5) is 17.8 Å². The Morgan fingerprint density at radius 3 is 2.36 bits per heavy atom. The monoisotopic (exact) mass is 306 g/mol. The highest BCUT2D eigenvalue weighted by molar-refractivity contribution is 5.40. The third-order valence-electron chi connectivity index (χ3n) is 4.19. The molecule has 0 aliphatic carbocycles. The van der Waals surface area contributed by atoms with Crippen molar-refractivity contribution in [2.24, 2.45) is 0 Å². The number of anilines is 3. The number of nitrogen functional groups attached to an aromatic ring is 1. The average Bonchev–Trinajstić information content (AvgIpc) is 2.76. The van der Waals surface area contributed by atoms with Gasteiger partial charge in [-0.2, -0.15) is 15.0 Å². The summed E-state index contributed by atoms with van der Waals surface area (Å²) in [6.45, 7) is 4.08. The molecule has 2 aliphatic heterocycles. The lowest BCUT2D eigenvalue weighted by Gasteiger charge is -2.24. The van der Waals surface area contributed by atoms with Crippen molar-refractivity contribution in [1.82, 2.24) is 25.3 Å². The fourth-order valence-electron chi connectivity index (χ4n) is 2.98. The van der Waals surface area contributed by atoms with Crippen LogP contribution in [0.2, 0.25) is 0 Å². The van der Waals surface area contributed by atoms with Crippen LogP contribution in [0.3, 0.4) is 0 Å². The van der Waals surface area contributed by atoms with Crippen LogP contribution in [0.1, 0.15) is 38.5 Å². The Hall–Kier alpha value is -1.67. The summed E-state index contributed by atoms with van der Waals surface area (Å²) in [5, 5.41) is 8.89. The normalized spacial score (nSPS) is 21.3. The van der Waals surface area contributed by atoms with Crippen molar-refractivity contribution in [2.75, 3.05) is 42.7 Å². The molecule has 0 atom stereocenters. The summed E-state index contributed by atoms with van der Waals surface area (Å²) in [7, 11) is 0. The van der Waals surface area contributed by atoms with E-state index < -0.39 is 0 Å². The molecule has 0 spiro atoms. The van der Waals surface area contributed by atoms with Crippen LogP contribution in [0.5, 0.6) is 0 Å². The number of aromatic nitrogens is 3. The van der Waals surface area contributed by atoms with E-state index in [9.17, 15) is 0 Å². The summed E-state index contributed by atoms with van der Waals surface area (Å²) in [4.78, 5) is 12.9. The molecule has 122 valence electrons. The predicted octanol–water partition coefficient (Wildman–Crippen LogP) is 0.821. The quantitative estimate of drug-likeness (QED) is 0.648. The molecule has 8 heteroatoms. The minimum atomic E-state index is 0.253. The van der Waals surface area contributed by atoms with E-state index in [1.807, 2.05) is 0 Å². The van der Waals surface area contributed by atoms with Crippen molar-refractivity contribution in [2.45, 2.75) is 44.6 Å². The summed E-state index contributed by atoms with van der Waals surface area (Å²) in [6.07, 6.45) is 7.13. The third-order valence-corrected chi connectivity index (χ3v) is 4.19. The van der Waals surface area contributed by atoms with Gasteiger partial charge in [0.05, 0.1) is 0 Å². The van der Waals surface area contributed by atoms with Gasteiger partial charge in [0, 0.05) is 19.1 Å². The Morgan fingerprint density at radius 1 is 0.955 bits per heavy atom. The second kappa shape index (κ2) is 7.55. The Morgan fingerprint density at radius 2 is 1.64 bits per heavy atom. The zero-order valence-electron chi connectivity index (χ0n) is 13.0. The van der Waals surface area contributed by atoms with E-state index in [0.29, 0.717) is 17.9 Å². The second-order valence-corrected chi connectivity index (χ2v) is 6.02. The lowest BCUT2D eigenvalue weighted by molar-refractivity contribution is 0.340. The molecule has 3 heterocycles. The van der Waals surface area contributed by atoms with Crippen LogP contribution < -0.4 is 21.8 Å². The topological polar surface area (TPSA) is 104 Å². The molecule has 5 N–H and O–H groups in total. The van der Waals surface area contributed by atoms with Gasteiger partial charge in [0.2, 0.25) is 17.8 Å². The molecule has 0 saturated carbocycles. The first-order valence-electron chi connectivity index (χ1n) is 8.30. The number of nitrogens with two attached hydrogens (primary N) is 1. The number of nitrogens with zero attached hydrogens (tertiary/aromatic N) is 4. The van der Waals surface area contributed by atoms with Gasteiger partial charge in [0.1, 0.15) is 0 Å². The van der Waals surface area contributed by atoms with Gasteiger partial charge in [0.15, 0.2) is 0 Å². The molecule has 0 amide bonds. The Balaban J connectivity index is 1.63. The molecule has 2 saturated heterocycles. The fraction of sp³-hybridized carbons (Fsp3) is 0.786. The van der Waals surface area contributed by atoms with Crippen molar-refractivity contribution in [3.8, 4) is 0 Å². The van der Waals surface area contributed by atoms with Crippen molar-refractivity contribution in [3.63, 3.8) is 0 Å². The van der Waals surface area contributed by atoms with E-state index in [1.54, 1.807) is 0 Å². The molecule has 1 aromatic heterocycles. The number of piperidine rings is 1. The highest BCUT2D eigenvalue weighted by Gasteiger charge is 2.16. The van der Waals surface area contributed by atoms with Gasteiger partial charge in [-0.25, -0.2) is 5.01 Å². The number of hydrogen-bond acceptors (Lipinski definition) is 8. The summed E-state index contributed by atoms with van der Waals surface area (Å²) in [5.41, 5.74) is 9.11. The summed E-state index contributed by atoms with van der Waals surface area (Å²) >= 11 is 0. The van der Waals surface area contributed by atoms with Crippen molar-refractivity contribution < 1.29 is 0 Å². The van der Waals surface area contributed by atoms with Gasteiger partial charge in [0.25, 0.3) is 0 Å². The second-order valence-electron chi connectivity index (χ2n) is 6.02. The zero-order valence-corrected chi connectivity index (χ0v) is 13.0. The highest BCUT2D eigenvalue weighted by atomic mass is 15.5. The standard InChI is InChI=1S/C14H26N8/c15-12-18-13(17-11-5-7-16-8-6-11)20-14(19-12)21-22-9-3-1-2-4-10-22/h11,16H,1-10H2,(H4,15,17,18,19,20,21). The van der Waals surface area contributed by atoms with Crippen LogP contribution in [-0.4, -0.2) is 52.2 Å². The summed E-state index contributed by atoms with van der Waals surface area (Å²) in [6, 6.07) is 0.397. The van der Waals surface area contributed by atoms with Crippen LogP contribution in [-0.2, 0) is 0 Å². The van der Waals surface area contributed by atoms with Crippen molar-refractivity contribution >= 4 is 17.8 Å². The van der Waals surface area contributed by atoms with Gasteiger partial charge in [-0.05, 0) is 38.8 Å². The van der Waals surface area contributed by atoms with Gasteiger partial charge in [-0.15, -0.1) is 0 Å². The lowest BCUT2D eigenvalue weighted by Crippen LogP contribution is -2.36. The Labute approximate surface area is 131 Å². The van der Waals surface area contributed by atoms with E-state index in [0.717, 1.165) is 39.0 Å². The molecule has 1 aromatic rings. The van der Waals surface area contributed by atoms with Crippen molar-refractivity contribution in [3.05, 3.63) is 0 Å². The average molecular weight is 306 g/mol. The molecule has 0 bridgehead atoms. The predicted molar refractivity (Wildman–Crippen MR) is 87.4 cm³/mol.